The molecule has 1 N–H and O–H groups in total. The number of aromatic nitrogens is 2. The Morgan fingerprint density at radius 1 is 0.966 bits per heavy atom. The molecule has 0 unspecified atom stereocenters. The average Bonchev–Trinajstić information content (AvgIpc) is 2.73. The van der Waals surface area contributed by atoms with Crippen molar-refractivity contribution in [3.05, 3.63) is 53.2 Å². The molecule has 150 valence electrons. The third kappa shape index (κ3) is 3.75. The smallest absolute Gasteiger partial charge is 0.223 e. The normalized spacial score (nSPS) is 21.7. The summed E-state index contributed by atoms with van der Waals surface area (Å²) in [6, 6.07) is 14.0. The minimum absolute atomic E-state index is 0.505. The number of nitrogens with one attached hydrogen (secondary N) is 1. The predicted octanol–water partition coefficient (Wildman–Crippen LogP) is 6.47. The Balaban J connectivity index is 1.48. The van der Waals surface area contributed by atoms with Crippen LogP contribution in [0.15, 0.2) is 36.4 Å². The minimum Gasteiger partial charge on any atom is -0.351 e. The molecule has 3 nitrogen and oxygen atoms in total. The van der Waals surface area contributed by atoms with Crippen LogP contribution < -0.4 is 5.32 Å². The number of rotatable bonds is 3. The molecule has 0 saturated heterocycles. The topological polar surface area (TPSA) is 37.8 Å². The van der Waals surface area contributed by atoms with E-state index >= 15 is 0 Å². The molecule has 1 fully saturated rings. The maximum atomic E-state index is 4.86. The first-order valence-electron chi connectivity index (χ1n) is 11.3. The van der Waals surface area contributed by atoms with Crippen LogP contribution in [-0.4, -0.2) is 16.0 Å². The van der Waals surface area contributed by atoms with Gasteiger partial charge in [0.1, 0.15) is 0 Å². The standard InChI is InChI=1S/C26H31N3/c1-17-7-5-10-21(15-17)28-26-27-18(2)24-16-20(13-14-25(24)29-26)23-12-6-9-19-8-3-4-11-22(19)23/h6,9,12-14,16-17,21H,3-5,7-8,10-11,15H2,1-2H3,(H,27,28,29)/t17-,21+/m1/s1. The first kappa shape index (κ1) is 18.6. The Kier molecular flexibility index (Phi) is 4.99. The molecule has 2 aromatic carbocycles. The third-order valence-electron chi connectivity index (χ3n) is 6.86. The van der Waals surface area contributed by atoms with Crippen molar-refractivity contribution in [3.8, 4) is 11.1 Å². The van der Waals surface area contributed by atoms with E-state index in [1.54, 1.807) is 5.56 Å². The van der Waals surface area contributed by atoms with Crippen LogP contribution in [-0.2, 0) is 12.8 Å². The van der Waals surface area contributed by atoms with Gasteiger partial charge in [-0.25, -0.2) is 9.97 Å². The van der Waals surface area contributed by atoms with Crippen molar-refractivity contribution in [1.82, 2.24) is 9.97 Å². The van der Waals surface area contributed by atoms with Gasteiger partial charge < -0.3 is 5.32 Å². The van der Waals surface area contributed by atoms with E-state index in [0.717, 1.165) is 23.1 Å². The predicted molar refractivity (Wildman–Crippen MR) is 121 cm³/mol. The van der Waals surface area contributed by atoms with Crippen LogP contribution in [0.1, 0.15) is 62.3 Å². The van der Waals surface area contributed by atoms with E-state index in [4.69, 9.17) is 9.97 Å². The lowest BCUT2D eigenvalue weighted by molar-refractivity contribution is 0.357. The number of benzene rings is 2. The number of nitrogens with zero attached hydrogens (tertiary/aromatic N) is 2. The SMILES string of the molecule is Cc1nc(N[C@H]2CCC[C@@H](C)C2)nc2ccc(-c3cccc4c3CCCC4)cc12. The van der Waals surface area contributed by atoms with E-state index in [1.807, 2.05) is 0 Å². The molecule has 2 atom stereocenters. The van der Waals surface area contributed by atoms with Crippen molar-refractivity contribution in [2.75, 3.05) is 5.32 Å². The van der Waals surface area contributed by atoms with E-state index in [1.165, 1.54) is 73.4 Å². The molecule has 2 aliphatic rings. The monoisotopic (exact) mass is 385 g/mol. The Hall–Kier alpha value is -2.42. The van der Waals surface area contributed by atoms with Crippen molar-refractivity contribution in [2.24, 2.45) is 5.92 Å². The van der Waals surface area contributed by atoms with Gasteiger partial charge in [0.15, 0.2) is 0 Å². The second kappa shape index (κ2) is 7.78. The lowest BCUT2D eigenvalue weighted by atomic mass is 9.85. The van der Waals surface area contributed by atoms with Gasteiger partial charge in [0.05, 0.1) is 11.2 Å². The lowest BCUT2D eigenvalue weighted by Crippen LogP contribution is -2.27. The van der Waals surface area contributed by atoms with Crippen molar-refractivity contribution in [2.45, 2.75) is 71.3 Å². The Morgan fingerprint density at radius 3 is 2.76 bits per heavy atom. The molecule has 0 radical (unpaired) electrons. The third-order valence-corrected chi connectivity index (χ3v) is 6.86. The summed E-state index contributed by atoms with van der Waals surface area (Å²) < 4.78 is 0. The van der Waals surface area contributed by atoms with Gasteiger partial charge in [0, 0.05) is 11.4 Å². The van der Waals surface area contributed by atoms with Crippen LogP contribution in [0.25, 0.3) is 22.0 Å². The van der Waals surface area contributed by atoms with Gasteiger partial charge in [-0.2, -0.15) is 0 Å². The summed E-state index contributed by atoms with van der Waals surface area (Å²) in [5.41, 5.74) is 7.86. The van der Waals surface area contributed by atoms with E-state index in [-0.39, 0.29) is 0 Å². The number of aryl methyl sites for hydroxylation is 2. The second-order valence-corrected chi connectivity index (χ2v) is 9.13. The van der Waals surface area contributed by atoms with Crippen LogP contribution in [0.2, 0.25) is 0 Å². The van der Waals surface area contributed by atoms with E-state index in [9.17, 15) is 0 Å². The molecule has 3 aromatic rings. The van der Waals surface area contributed by atoms with Crippen LogP contribution in [0.5, 0.6) is 0 Å². The maximum Gasteiger partial charge on any atom is 0.223 e. The number of anilines is 1. The van der Waals surface area contributed by atoms with Gasteiger partial charge in [-0.05, 0) is 85.8 Å². The Labute approximate surface area is 174 Å². The zero-order chi connectivity index (χ0) is 19.8. The summed E-state index contributed by atoms with van der Waals surface area (Å²) in [7, 11) is 0. The van der Waals surface area contributed by atoms with E-state index in [0.29, 0.717) is 6.04 Å². The zero-order valence-electron chi connectivity index (χ0n) is 17.7. The van der Waals surface area contributed by atoms with Gasteiger partial charge in [0.2, 0.25) is 5.95 Å². The molecule has 29 heavy (non-hydrogen) atoms. The molecule has 0 amide bonds. The Bertz CT molecular complexity index is 1040. The molecule has 0 bridgehead atoms. The molecule has 1 heterocycles. The zero-order valence-corrected chi connectivity index (χ0v) is 17.7. The average molecular weight is 386 g/mol. The molecular formula is C26H31N3. The number of hydrogen-bond donors (Lipinski definition) is 1. The van der Waals surface area contributed by atoms with E-state index in [2.05, 4.69) is 55.6 Å². The molecular weight excluding hydrogens is 354 g/mol. The number of fused-ring (bicyclic) bond motifs is 2. The van der Waals surface area contributed by atoms with Crippen molar-refractivity contribution >= 4 is 16.9 Å². The first-order chi connectivity index (χ1) is 14.2. The summed E-state index contributed by atoms with van der Waals surface area (Å²) in [5.74, 6) is 1.58. The highest BCUT2D eigenvalue weighted by Crippen LogP contribution is 2.33. The van der Waals surface area contributed by atoms with Crippen LogP contribution >= 0.6 is 0 Å². The van der Waals surface area contributed by atoms with Crippen LogP contribution in [0.3, 0.4) is 0 Å². The fourth-order valence-electron chi connectivity index (χ4n) is 5.31. The summed E-state index contributed by atoms with van der Waals surface area (Å²) >= 11 is 0. The van der Waals surface area contributed by atoms with E-state index < -0.39 is 0 Å². The molecule has 1 saturated carbocycles. The van der Waals surface area contributed by atoms with Crippen molar-refractivity contribution < 1.29 is 0 Å². The van der Waals surface area contributed by atoms with Crippen molar-refractivity contribution in [1.29, 1.82) is 0 Å². The highest BCUT2D eigenvalue weighted by atomic mass is 15.1. The largest absolute Gasteiger partial charge is 0.351 e. The van der Waals surface area contributed by atoms with Crippen LogP contribution in [0.4, 0.5) is 5.95 Å². The quantitative estimate of drug-likeness (QED) is 0.561. The Morgan fingerprint density at radius 2 is 1.86 bits per heavy atom. The van der Waals surface area contributed by atoms with Crippen LogP contribution in [0, 0.1) is 12.8 Å². The molecule has 5 rings (SSSR count). The highest BCUT2D eigenvalue weighted by Gasteiger charge is 2.20. The number of hydrogen-bond acceptors (Lipinski definition) is 3. The summed E-state index contributed by atoms with van der Waals surface area (Å²) in [6.07, 6.45) is 10.1. The summed E-state index contributed by atoms with van der Waals surface area (Å²) in [5, 5.41) is 4.77. The molecule has 3 heteroatoms. The molecule has 1 aromatic heterocycles. The maximum absolute atomic E-state index is 4.86. The summed E-state index contributed by atoms with van der Waals surface area (Å²) in [6.45, 7) is 4.47. The van der Waals surface area contributed by atoms with Gasteiger partial charge in [-0.1, -0.05) is 44.0 Å². The molecule has 0 spiro atoms. The van der Waals surface area contributed by atoms with Gasteiger partial charge >= 0.3 is 0 Å². The molecule has 0 aliphatic heterocycles. The van der Waals surface area contributed by atoms with Gasteiger partial charge in [0.25, 0.3) is 0 Å². The fraction of sp³-hybridized carbons (Fsp3) is 0.462. The lowest BCUT2D eigenvalue weighted by Gasteiger charge is -2.27. The fourth-order valence-corrected chi connectivity index (χ4v) is 5.31. The first-order valence-corrected chi connectivity index (χ1v) is 11.3. The molecule has 2 aliphatic carbocycles. The minimum atomic E-state index is 0.505. The highest BCUT2D eigenvalue weighted by molar-refractivity contribution is 5.87. The van der Waals surface area contributed by atoms with Gasteiger partial charge in [-0.15, -0.1) is 0 Å². The van der Waals surface area contributed by atoms with Gasteiger partial charge in [-0.3, -0.25) is 0 Å². The summed E-state index contributed by atoms with van der Waals surface area (Å²) in [4.78, 5) is 9.68. The van der Waals surface area contributed by atoms with Crippen molar-refractivity contribution in [3.63, 3.8) is 0 Å². The second-order valence-electron chi connectivity index (χ2n) is 9.13.